The van der Waals surface area contributed by atoms with Gasteiger partial charge in [-0.05, 0) is 13.0 Å². The standard InChI is InChI=1S/C14H20N4O5S/c1-9-13(14(19)18(5,20)21)16(2)12-8-10(6-7-11(12)15-9)17(3,4)24(22)23/h6-8,15H,1-5H3,(H,22,23)/p-1. The summed E-state index contributed by atoms with van der Waals surface area (Å²) in [6.07, 6.45) is 0. The molecule has 1 amide bonds. The van der Waals surface area contributed by atoms with Crippen LogP contribution in [0.25, 0.3) is 0 Å². The van der Waals surface area contributed by atoms with Gasteiger partial charge in [0.2, 0.25) is 0 Å². The molecule has 2 rings (SSSR count). The van der Waals surface area contributed by atoms with E-state index in [-0.39, 0.29) is 5.70 Å². The smallest absolute Gasteiger partial charge is 0.363 e. The Labute approximate surface area is 142 Å². The van der Waals surface area contributed by atoms with Crippen molar-refractivity contribution < 1.29 is 18.4 Å². The largest absolute Gasteiger partial charge is 0.724 e. The van der Waals surface area contributed by atoms with Gasteiger partial charge in [0.05, 0.1) is 32.5 Å². The van der Waals surface area contributed by atoms with Gasteiger partial charge >= 0.3 is 5.91 Å². The number of carbonyl (C=O) groups excluding carboxylic acids is 1. The van der Waals surface area contributed by atoms with Crippen LogP contribution in [0, 0.1) is 10.4 Å². The van der Waals surface area contributed by atoms with E-state index in [1.165, 1.54) is 19.0 Å². The third-order valence-corrected chi connectivity index (χ3v) is 4.88. The van der Waals surface area contributed by atoms with Gasteiger partial charge in [-0.3, -0.25) is 0 Å². The lowest BCUT2D eigenvalue weighted by atomic mass is 10.1. The highest BCUT2D eigenvalue weighted by Crippen LogP contribution is 2.39. The van der Waals surface area contributed by atoms with E-state index in [9.17, 15) is 24.0 Å². The maximum atomic E-state index is 12.1. The number of allylic oxidation sites excluding steroid dienone is 1. The molecule has 0 radical (unpaired) electrons. The quantitative estimate of drug-likeness (QED) is 0.490. The van der Waals surface area contributed by atoms with Crippen molar-refractivity contribution in [3.8, 4) is 0 Å². The number of anilines is 2. The third-order valence-electron chi connectivity index (χ3n) is 3.92. The van der Waals surface area contributed by atoms with Gasteiger partial charge in [0.25, 0.3) is 0 Å². The molecule has 1 unspecified atom stereocenters. The molecular formula is C14H19N4O5S-. The van der Waals surface area contributed by atoms with Crippen LogP contribution in [0.1, 0.15) is 6.92 Å². The molecule has 0 saturated heterocycles. The lowest BCUT2D eigenvalue weighted by Gasteiger charge is -2.43. The predicted molar refractivity (Wildman–Crippen MR) is 91.7 cm³/mol. The van der Waals surface area contributed by atoms with Gasteiger partial charge in [-0.25, -0.2) is 12.9 Å². The molecule has 0 aromatic heterocycles. The third kappa shape index (κ3) is 3.07. The Hall–Kier alpha value is -1.82. The normalized spacial score (nSPS) is 16.6. The second-order valence-electron chi connectivity index (χ2n) is 6.08. The van der Waals surface area contributed by atoms with Crippen molar-refractivity contribution in [2.45, 2.75) is 6.92 Å². The highest BCUT2D eigenvalue weighted by molar-refractivity contribution is 7.78. The van der Waals surface area contributed by atoms with E-state index in [0.717, 1.165) is 0 Å². The van der Waals surface area contributed by atoms with E-state index >= 15 is 0 Å². The first-order chi connectivity index (χ1) is 10.9. The number of nitrogens with zero attached hydrogens (tertiary/aromatic N) is 3. The summed E-state index contributed by atoms with van der Waals surface area (Å²) < 4.78 is 22.4. The monoisotopic (exact) mass is 355 g/mol. The predicted octanol–water partition coefficient (Wildman–Crippen LogP) is 1.11. The Morgan fingerprint density at radius 3 is 2.33 bits per heavy atom. The summed E-state index contributed by atoms with van der Waals surface area (Å²) >= 11 is -2.41. The molecular weight excluding hydrogens is 336 g/mol. The molecule has 0 spiro atoms. The molecule has 9 nitrogen and oxygen atoms in total. The summed E-state index contributed by atoms with van der Waals surface area (Å²) in [7, 11) is 5.25. The minimum atomic E-state index is -2.41. The van der Waals surface area contributed by atoms with Crippen molar-refractivity contribution in [2.75, 3.05) is 38.4 Å². The van der Waals surface area contributed by atoms with Gasteiger partial charge in [-0.1, -0.05) is 0 Å². The van der Waals surface area contributed by atoms with Crippen LogP contribution >= 0.6 is 0 Å². The summed E-state index contributed by atoms with van der Waals surface area (Å²) in [5, 5.41) is 25.9. The number of rotatable bonds is 3. The molecule has 0 aliphatic carbocycles. The Balaban J connectivity index is 2.54. The van der Waals surface area contributed by atoms with Crippen molar-refractivity contribution in [3.63, 3.8) is 0 Å². The van der Waals surface area contributed by atoms with E-state index in [1.54, 1.807) is 32.2 Å². The van der Waals surface area contributed by atoms with Crippen LogP contribution in [0.15, 0.2) is 29.6 Å². The molecule has 1 aromatic rings. The summed E-state index contributed by atoms with van der Waals surface area (Å²) in [6, 6.07) is 4.93. The van der Waals surface area contributed by atoms with E-state index < -0.39 is 25.9 Å². The molecule has 24 heavy (non-hydrogen) atoms. The second-order valence-corrected chi connectivity index (χ2v) is 7.43. The number of carbonyl (C=O) groups is 1. The van der Waals surface area contributed by atoms with Crippen LogP contribution in [0.4, 0.5) is 17.1 Å². The van der Waals surface area contributed by atoms with Crippen LogP contribution in [-0.4, -0.2) is 47.7 Å². The van der Waals surface area contributed by atoms with Crippen LogP contribution in [0.5, 0.6) is 0 Å². The lowest BCUT2D eigenvalue weighted by Crippen LogP contribution is -2.45. The van der Waals surface area contributed by atoms with Gasteiger partial charge in [0.1, 0.15) is 5.69 Å². The highest BCUT2D eigenvalue weighted by Gasteiger charge is 2.32. The summed E-state index contributed by atoms with van der Waals surface area (Å²) in [4.78, 5) is 11.2. The Morgan fingerprint density at radius 1 is 1.25 bits per heavy atom. The van der Waals surface area contributed by atoms with E-state index in [2.05, 4.69) is 5.32 Å². The lowest BCUT2D eigenvalue weighted by molar-refractivity contribution is -0.725. The van der Waals surface area contributed by atoms with Crippen LogP contribution in [0.3, 0.4) is 0 Å². The fourth-order valence-corrected chi connectivity index (χ4v) is 2.74. The average Bonchev–Trinajstić information content (AvgIpc) is 2.45. The van der Waals surface area contributed by atoms with E-state index in [0.29, 0.717) is 29.8 Å². The Kier molecular flexibility index (Phi) is 4.57. The first-order valence-electron chi connectivity index (χ1n) is 7.01. The van der Waals surface area contributed by atoms with Gasteiger partial charge < -0.3 is 30.0 Å². The van der Waals surface area contributed by atoms with Gasteiger partial charge in [0.15, 0.2) is 17.0 Å². The number of fused-ring (bicyclic) bond motifs is 1. The molecule has 0 bridgehead atoms. The number of nitrogens with one attached hydrogen (secondary N) is 1. The molecule has 132 valence electrons. The number of amides is 1. The summed E-state index contributed by atoms with van der Waals surface area (Å²) in [6.45, 7) is 1.59. The molecule has 1 atom stereocenters. The first-order valence-corrected chi connectivity index (χ1v) is 8.04. The van der Waals surface area contributed by atoms with Gasteiger partial charge in [0, 0.05) is 24.9 Å². The molecule has 0 saturated carbocycles. The molecule has 1 aliphatic heterocycles. The number of hydrogen-bond donors (Lipinski definition) is 1. The number of likely N-dealkylation sites (N-methyl/N-ethyl adjacent to an activating group) is 2. The molecule has 1 N–H and O–H groups in total. The number of benzene rings is 1. The highest BCUT2D eigenvalue weighted by atomic mass is 32.2. The van der Waals surface area contributed by atoms with Gasteiger partial charge in [-0.2, -0.15) is 0 Å². The minimum absolute atomic E-state index is 0.0549. The number of hydroxylamine groups is 4. The van der Waals surface area contributed by atoms with Crippen molar-refractivity contribution >= 4 is 34.2 Å². The molecule has 1 aliphatic rings. The minimum Gasteiger partial charge on any atom is -0.724 e. The fraction of sp³-hybridized carbons (Fsp3) is 0.357. The van der Waals surface area contributed by atoms with E-state index in [1.807, 2.05) is 0 Å². The molecule has 1 heterocycles. The SMILES string of the molecule is CC1=C(C(=O)[N+](C)([O-])[O-])N(C)c2cc([N+](C)(C)S(=O)[O-])ccc2N1. The van der Waals surface area contributed by atoms with Crippen LogP contribution < -0.4 is 14.1 Å². The zero-order valence-corrected chi connectivity index (χ0v) is 14.8. The summed E-state index contributed by atoms with van der Waals surface area (Å²) in [5.41, 5.74) is 1.91. The maximum Gasteiger partial charge on any atom is 0.363 e. The zero-order valence-electron chi connectivity index (χ0n) is 14.0. The molecule has 1 aromatic carbocycles. The molecule has 0 fully saturated rings. The van der Waals surface area contributed by atoms with Crippen molar-refractivity contribution in [3.05, 3.63) is 40.0 Å². The molecule has 10 heteroatoms. The Morgan fingerprint density at radius 2 is 1.83 bits per heavy atom. The first kappa shape index (κ1) is 18.5. The summed E-state index contributed by atoms with van der Waals surface area (Å²) in [5.74, 6) is -1.14. The van der Waals surface area contributed by atoms with Crippen molar-refractivity contribution in [1.29, 1.82) is 0 Å². The van der Waals surface area contributed by atoms with E-state index in [4.69, 9.17) is 0 Å². The van der Waals surface area contributed by atoms with Gasteiger partial charge in [-0.15, -0.1) is 0 Å². The number of quaternary nitrogens is 2. The maximum absolute atomic E-state index is 12.1. The fourth-order valence-electron chi connectivity index (χ4n) is 2.45. The van der Waals surface area contributed by atoms with Crippen molar-refractivity contribution in [2.24, 2.45) is 0 Å². The number of hydrogen-bond acceptors (Lipinski definition) is 7. The second kappa shape index (κ2) is 5.92. The van der Waals surface area contributed by atoms with Crippen LogP contribution in [0.2, 0.25) is 0 Å². The Bertz CT molecular complexity index is 754. The van der Waals surface area contributed by atoms with Crippen molar-refractivity contribution in [1.82, 2.24) is 3.89 Å². The topological polar surface area (TPSA) is 119 Å². The zero-order chi connectivity index (χ0) is 18.4. The van der Waals surface area contributed by atoms with Crippen LogP contribution in [-0.2, 0) is 16.1 Å². The average molecular weight is 355 g/mol.